The van der Waals surface area contributed by atoms with Crippen LogP contribution in [0.2, 0.25) is 0 Å². The van der Waals surface area contributed by atoms with E-state index in [1.807, 2.05) is 0 Å². The SMILES string of the molecule is O=C(C[NH2+]C12CC3CC(CC(C3)C1)C2)Nc1ccc(OC(F)F)cc1. The predicted octanol–water partition coefficient (Wildman–Crippen LogP) is 2.76. The number of nitrogens with one attached hydrogen (secondary N) is 1. The number of hydrogen-bond donors (Lipinski definition) is 2. The van der Waals surface area contributed by atoms with Crippen LogP contribution in [0.15, 0.2) is 24.3 Å². The summed E-state index contributed by atoms with van der Waals surface area (Å²) in [4.78, 5) is 12.3. The third-order valence-electron chi connectivity index (χ3n) is 6.17. The zero-order chi connectivity index (χ0) is 17.4. The van der Waals surface area contributed by atoms with Gasteiger partial charge < -0.3 is 15.4 Å². The maximum atomic E-state index is 12.3. The van der Waals surface area contributed by atoms with Crippen LogP contribution < -0.4 is 15.4 Å². The zero-order valence-corrected chi connectivity index (χ0v) is 14.2. The molecule has 1 amide bonds. The number of hydrogen-bond acceptors (Lipinski definition) is 2. The van der Waals surface area contributed by atoms with E-state index in [0.717, 1.165) is 17.8 Å². The van der Waals surface area contributed by atoms with Gasteiger partial charge in [0.25, 0.3) is 5.91 Å². The monoisotopic (exact) mass is 351 g/mol. The van der Waals surface area contributed by atoms with Gasteiger partial charge >= 0.3 is 6.61 Å². The third-order valence-corrected chi connectivity index (χ3v) is 6.17. The number of anilines is 1. The Labute approximate surface area is 146 Å². The van der Waals surface area contributed by atoms with Gasteiger partial charge in [-0.1, -0.05) is 0 Å². The maximum Gasteiger partial charge on any atom is 0.387 e. The molecule has 0 atom stereocenters. The second-order valence-corrected chi connectivity index (χ2v) is 8.14. The molecule has 0 radical (unpaired) electrons. The van der Waals surface area contributed by atoms with E-state index in [1.54, 1.807) is 12.1 Å². The molecular weight excluding hydrogens is 326 g/mol. The number of nitrogens with two attached hydrogens (primary N) is 1. The number of quaternary nitrogens is 1. The van der Waals surface area contributed by atoms with E-state index >= 15 is 0 Å². The van der Waals surface area contributed by atoms with E-state index in [4.69, 9.17) is 0 Å². The zero-order valence-electron chi connectivity index (χ0n) is 14.2. The van der Waals surface area contributed by atoms with Crippen molar-refractivity contribution in [3.63, 3.8) is 0 Å². The van der Waals surface area contributed by atoms with Crippen LogP contribution in [0.1, 0.15) is 38.5 Å². The lowest BCUT2D eigenvalue weighted by Gasteiger charge is -2.54. The highest BCUT2D eigenvalue weighted by Gasteiger charge is 2.53. The largest absolute Gasteiger partial charge is 0.435 e. The van der Waals surface area contributed by atoms with Crippen molar-refractivity contribution in [3.8, 4) is 5.75 Å². The van der Waals surface area contributed by atoms with Crippen molar-refractivity contribution in [1.82, 2.24) is 0 Å². The molecule has 4 aliphatic rings. The van der Waals surface area contributed by atoms with Crippen LogP contribution in [0.4, 0.5) is 14.5 Å². The summed E-state index contributed by atoms with van der Waals surface area (Å²) < 4.78 is 28.6. The molecule has 1 aromatic rings. The first-order valence-corrected chi connectivity index (χ1v) is 9.19. The molecule has 4 aliphatic carbocycles. The standard InChI is InChI=1S/C19H24F2N2O2/c20-18(21)25-16-3-1-15(2-4-16)23-17(24)11-22-19-8-12-5-13(9-19)7-14(6-12)10-19/h1-4,12-14,18,22H,5-11H2,(H,23,24)/p+1. The van der Waals surface area contributed by atoms with Crippen molar-refractivity contribution in [2.45, 2.75) is 50.7 Å². The molecule has 5 rings (SSSR count). The summed E-state index contributed by atoms with van der Waals surface area (Å²) >= 11 is 0. The Morgan fingerprint density at radius 3 is 2.20 bits per heavy atom. The molecule has 4 fully saturated rings. The quantitative estimate of drug-likeness (QED) is 0.828. The number of carbonyl (C=O) groups is 1. The molecule has 0 aliphatic heterocycles. The molecule has 4 bridgehead atoms. The molecule has 3 N–H and O–H groups in total. The van der Waals surface area contributed by atoms with Crippen LogP contribution in [-0.4, -0.2) is 24.6 Å². The van der Waals surface area contributed by atoms with Crippen molar-refractivity contribution in [1.29, 1.82) is 0 Å². The smallest absolute Gasteiger partial charge is 0.387 e. The van der Waals surface area contributed by atoms with Crippen LogP contribution in [0.3, 0.4) is 0 Å². The Morgan fingerprint density at radius 2 is 1.68 bits per heavy atom. The molecule has 4 saturated carbocycles. The average Bonchev–Trinajstić information content (AvgIpc) is 2.53. The average molecular weight is 351 g/mol. The van der Waals surface area contributed by atoms with E-state index in [9.17, 15) is 13.6 Å². The molecule has 6 heteroatoms. The van der Waals surface area contributed by atoms with Gasteiger partial charge in [-0.05, 0) is 61.3 Å². The van der Waals surface area contributed by atoms with E-state index in [0.29, 0.717) is 12.2 Å². The first-order chi connectivity index (χ1) is 12.0. The summed E-state index contributed by atoms with van der Waals surface area (Å²) in [6.45, 7) is -2.42. The molecule has 0 saturated heterocycles. The molecule has 1 aromatic carbocycles. The van der Waals surface area contributed by atoms with E-state index in [1.165, 1.54) is 50.7 Å². The summed E-state index contributed by atoms with van der Waals surface area (Å²) in [5.41, 5.74) is 0.881. The number of ether oxygens (including phenoxy) is 1. The molecule has 0 spiro atoms. The van der Waals surface area contributed by atoms with Gasteiger partial charge in [0, 0.05) is 24.9 Å². The lowest BCUT2D eigenvalue weighted by Crippen LogP contribution is -3.00. The summed E-state index contributed by atoms with van der Waals surface area (Å²) in [5, 5.41) is 5.11. The van der Waals surface area contributed by atoms with Crippen LogP contribution in [0, 0.1) is 17.8 Å². The minimum absolute atomic E-state index is 0.0433. The molecule has 0 unspecified atom stereocenters. The van der Waals surface area contributed by atoms with Crippen molar-refractivity contribution in [3.05, 3.63) is 24.3 Å². The second-order valence-electron chi connectivity index (χ2n) is 8.14. The molecule has 4 nitrogen and oxygen atoms in total. The highest BCUT2D eigenvalue weighted by Crippen LogP contribution is 2.54. The Bertz CT molecular complexity index is 598. The Hall–Kier alpha value is -1.69. The van der Waals surface area contributed by atoms with Crippen LogP contribution in [0.5, 0.6) is 5.75 Å². The number of amides is 1. The molecule has 25 heavy (non-hydrogen) atoms. The minimum atomic E-state index is -2.84. The number of alkyl halides is 2. The fraction of sp³-hybridized carbons (Fsp3) is 0.632. The van der Waals surface area contributed by atoms with Gasteiger partial charge in [-0.25, -0.2) is 0 Å². The second kappa shape index (κ2) is 6.56. The number of halogens is 2. The Morgan fingerprint density at radius 1 is 1.12 bits per heavy atom. The summed E-state index contributed by atoms with van der Waals surface area (Å²) in [7, 11) is 0. The highest BCUT2D eigenvalue weighted by molar-refractivity contribution is 5.91. The normalized spacial score (nSPS) is 32.8. The van der Waals surface area contributed by atoms with Crippen LogP contribution in [0.25, 0.3) is 0 Å². The van der Waals surface area contributed by atoms with Crippen LogP contribution in [-0.2, 0) is 4.79 Å². The number of benzene rings is 1. The van der Waals surface area contributed by atoms with Gasteiger partial charge in [-0.15, -0.1) is 0 Å². The molecule has 136 valence electrons. The van der Waals surface area contributed by atoms with Crippen LogP contribution >= 0.6 is 0 Å². The highest BCUT2D eigenvalue weighted by atomic mass is 19.3. The van der Waals surface area contributed by atoms with Crippen molar-refractivity contribution >= 4 is 11.6 Å². The molecule has 0 heterocycles. The van der Waals surface area contributed by atoms with Crippen molar-refractivity contribution < 1.29 is 23.6 Å². The Kier molecular flexibility index (Phi) is 4.40. The fourth-order valence-corrected chi connectivity index (χ4v) is 5.67. The van der Waals surface area contributed by atoms with Gasteiger partial charge in [-0.2, -0.15) is 8.78 Å². The van der Waals surface area contributed by atoms with Gasteiger partial charge in [-0.3, -0.25) is 4.79 Å². The van der Waals surface area contributed by atoms with Crippen molar-refractivity contribution in [2.75, 3.05) is 11.9 Å². The van der Waals surface area contributed by atoms with Gasteiger partial charge in [0.2, 0.25) is 0 Å². The lowest BCUT2D eigenvalue weighted by atomic mass is 9.53. The third kappa shape index (κ3) is 3.78. The summed E-state index contributed by atoms with van der Waals surface area (Å²) in [6, 6.07) is 6.04. The number of rotatable bonds is 6. The van der Waals surface area contributed by atoms with Crippen molar-refractivity contribution in [2.24, 2.45) is 17.8 Å². The number of carbonyl (C=O) groups excluding carboxylic acids is 1. The summed E-state index contributed by atoms with van der Waals surface area (Å²) in [6.07, 6.45) is 7.95. The van der Waals surface area contributed by atoms with Gasteiger partial charge in [0.15, 0.2) is 6.54 Å². The Balaban J connectivity index is 1.29. The van der Waals surface area contributed by atoms with E-state index in [-0.39, 0.29) is 17.2 Å². The molecule has 0 aromatic heterocycles. The van der Waals surface area contributed by atoms with E-state index in [2.05, 4.69) is 15.4 Å². The van der Waals surface area contributed by atoms with Gasteiger partial charge in [0.05, 0.1) is 5.54 Å². The first kappa shape index (κ1) is 16.8. The maximum absolute atomic E-state index is 12.3. The fourth-order valence-electron chi connectivity index (χ4n) is 5.67. The lowest BCUT2D eigenvalue weighted by molar-refractivity contribution is -0.729. The molecular formula is C19H25F2N2O2+. The summed E-state index contributed by atoms with van der Waals surface area (Å²) in [5.74, 6) is 2.65. The minimum Gasteiger partial charge on any atom is -0.435 e. The van der Waals surface area contributed by atoms with Gasteiger partial charge in [0.1, 0.15) is 5.75 Å². The first-order valence-electron chi connectivity index (χ1n) is 9.19. The van der Waals surface area contributed by atoms with E-state index < -0.39 is 6.61 Å². The predicted molar refractivity (Wildman–Crippen MR) is 89.4 cm³/mol. The topological polar surface area (TPSA) is 54.9 Å².